The lowest BCUT2D eigenvalue weighted by atomic mass is 10.2. The Kier molecular flexibility index (Phi) is 5.13. The van der Waals surface area contributed by atoms with E-state index in [0.717, 1.165) is 31.9 Å². The first-order chi connectivity index (χ1) is 8.77. The Morgan fingerprint density at radius 3 is 2.94 bits per heavy atom. The van der Waals surface area contributed by atoms with Crippen LogP contribution >= 0.6 is 0 Å². The summed E-state index contributed by atoms with van der Waals surface area (Å²) in [5.74, 6) is 2.28. The minimum Gasteiger partial charge on any atom is -0.314 e. The third kappa shape index (κ3) is 3.78. The van der Waals surface area contributed by atoms with Crippen LogP contribution in [0.25, 0.3) is 0 Å². The normalized spacial score (nSPS) is 15.1. The Hall–Kier alpha value is -0.940. The standard InChI is InChI=1S/C13H25N5/c1-17(2)9-6-4-8-14-11-13-16-15-12-7-3-5-10-18(12)13/h14H,3-11H2,1-2H3. The fraction of sp³-hybridized carbons (Fsp3) is 0.846. The molecule has 0 fully saturated rings. The molecule has 1 N–H and O–H groups in total. The summed E-state index contributed by atoms with van der Waals surface area (Å²) in [6.07, 6.45) is 6.09. The maximum Gasteiger partial charge on any atom is 0.147 e. The van der Waals surface area contributed by atoms with Crippen molar-refractivity contribution in [3.05, 3.63) is 11.6 Å². The quantitative estimate of drug-likeness (QED) is 0.736. The van der Waals surface area contributed by atoms with Crippen molar-refractivity contribution in [2.24, 2.45) is 0 Å². The zero-order valence-corrected chi connectivity index (χ0v) is 11.7. The van der Waals surface area contributed by atoms with E-state index in [1.807, 2.05) is 0 Å². The highest BCUT2D eigenvalue weighted by Crippen LogP contribution is 2.13. The number of hydrogen-bond acceptors (Lipinski definition) is 4. The van der Waals surface area contributed by atoms with Gasteiger partial charge in [0.05, 0.1) is 6.54 Å². The number of unbranched alkanes of at least 4 members (excludes halogenated alkanes) is 1. The topological polar surface area (TPSA) is 46.0 Å². The van der Waals surface area contributed by atoms with Crippen molar-refractivity contribution < 1.29 is 0 Å². The van der Waals surface area contributed by atoms with E-state index in [4.69, 9.17) is 0 Å². The van der Waals surface area contributed by atoms with Crippen molar-refractivity contribution >= 4 is 0 Å². The molecule has 1 aliphatic rings. The summed E-state index contributed by atoms with van der Waals surface area (Å²) in [7, 11) is 4.24. The smallest absolute Gasteiger partial charge is 0.147 e. The van der Waals surface area contributed by atoms with Crippen LogP contribution < -0.4 is 5.32 Å². The molecule has 0 unspecified atom stereocenters. The lowest BCUT2D eigenvalue weighted by molar-refractivity contribution is 0.391. The number of fused-ring (bicyclic) bond motifs is 1. The third-order valence-electron chi connectivity index (χ3n) is 3.43. The van der Waals surface area contributed by atoms with E-state index in [-0.39, 0.29) is 0 Å². The number of aryl methyl sites for hydroxylation is 1. The van der Waals surface area contributed by atoms with Gasteiger partial charge in [0.15, 0.2) is 0 Å². The molecule has 1 aliphatic heterocycles. The molecule has 0 bridgehead atoms. The summed E-state index contributed by atoms with van der Waals surface area (Å²) in [4.78, 5) is 2.23. The molecule has 2 rings (SSSR count). The Morgan fingerprint density at radius 2 is 2.11 bits per heavy atom. The Bertz CT molecular complexity index is 358. The van der Waals surface area contributed by atoms with E-state index in [1.165, 1.54) is 38.1 Å². The largest absolute Gasteiger partial charge is 0.314 e. The second-order valence-corrected chi connectivity index (χ2v) is 5.33. The summed E-state index contributed by atoms with van der Waals surface area (Å²) < 4.78 is 2.29. The minimum absolute atomic E-state index is 0.856. The van der Waals surface area contributed by atoms with Crippen LogP contribution in [0.15, 0.2) is 0 Å². The van der Waals surface area contributed by atoms with Crippen molar-refractivity contribution in [3.63, 3.8) is 0 Å². The molecule has 2 heterocycles. The van der Waals surface area contributed by atoms with Gasteiger partial charge in [0.25, 0.3) is 0 Å². The Morgan fingerprint density at radius 1 is 1.22 bits per heavy atom. The van der Waals surface area contributed by atoms with Crippen LogP contribution in [0.1, 0.15) is 37.3 Å². The average Bonchev–Trinajstić information content (AvgIpc) is 2.77. The van der Waals surface area contributed by atoms with Gasteiger partial charge in [0.2, 0.25) is 0 Å². The molecule has 0 spiro atoms. The maximum atomic E-state index is 4.29. The number of rotatable bonds is 7. The van der Waals surface area contributed by atoms with Crippen molar-refractivity contribution in [3.8, 4) is 0 Å². The van der Waals surface area contributed by atoms with Crippen molar-refractivity contribution in [1.82, 2.24) is 25.0 Å². The van der Waals surface area contributed by atoms with Crippen LogP contribution in [0.2, 0.25) is 0 Å². The zero-order valence-electron chi connectivity index (χ0n) is 11.7. The Labute approximate surface area is 110 Å². The average molecular weight is 251 g/mol. The van der Waals surface area contributed by atoms with E-state index >= 15 is 0 Å². The Balaban J connectivity index is 1.66. The lowest BCUT2D eigenvalue weighted by Gasteiger charge is -2.15. The molecule has 5 heteroatoms. The van der Waals surface area contributed by atoms with Crippen LogP contribution in [0, 0.1) is 0 Å². The van der Waals surface area contributed by atoms with Gasteiger partial charge in [0.1, 0.15) is 11.6 Å². The van der Waals surface area contributed by atoms with Gasteiger partial charge in [-0.25, -0.2) is 0 Å². The second-order valence-electron chi connectivity index (χ2n) is 5.33. The van der Waals surface area contributed by atoms with Crippen molar-refractivity contribution in [1.29, 1.82) is 0 Å². The minimum atomic E-state index is 0.856. The van der Waals surface area contributed by atoms with Crippen LogP contribution in [-0.4, -0.2) is 46.8 Å². The number of nitrogens with one attached hydrogen (secondary N) is 1. The number of aromatic nitrogens is 3. The molecule has 0 radical (unpaired) electrons. The molecular weight excluding hydrogens is 226 g/mol. The molecule has 0 aliphatic carbocycles. The lowest BCUT2D eigenvalue weighted by Crippen LogP contribution is -2.21. The van der Waals surface area contributed by atoms with Gasteiger partial charge in [-0.2, -0.15) is 0 Å². The molecule has 0 aromatic carbocycles. The number of hydrogen-bond donors (Lipinski definition) is 1. The van der Waals surface area contributed by atoms with E-state index in [2.05, 4.69) is 39.1 Å². The summed E-state index contributed by atoms with van der Waals surface area (Å²) in [6, 6.07) is 0. The fourth-order valence-electron chi connectivity index (χ4n) is 2.38. The number of nitrogens with zero attached hydrogens (tertiary/aromatic N) is 4. The molecular formula is C13H25N5. The van der Waals surface area contributed by atoms with Crippen LogP contribution in [0.4, 0.5) is 0 Å². The predicted octanol–water partition coefficient (Wildman–Crippen LogP) is 1.05. The molecule has 0 saturated carbocycles. The van der Waals surface area contributed by atoms with E-state index in [9.17, 15) is 0 Å². The van der Waals surface area contributed by atoms with Gasteiger partial charge in [-0.05, 0) is 52.9 Å². The molecule has 5 nitrogen and oxygen atoms in total. The molecule has 0 saturated heterocycles. The van der Waals surface area contributed by atoms with E-state index in [1.54, 1.807) is 0 Å². The molecule has 0 amide bonds. The van der Waals surface area contributed by atoms with Gasteiger partial charge in [-0.3, -0.25) is 0 Å². The summed E-state index contributed by atoms with van der Waals surface area (Å²) in [5.41, 5.74) is 0. The van der Waals surface area contributed by atoms with Gasteiger partial charge >= 0.3 is 0 Å². The molecule has 1 aromatic heterocycles. The van der Waals surface area contributed by atoms with Crippen LogP contribution in [0.3, 0.4) is 0 Å². The van der Waals surface area contributed by atoms with E-state index < -0.39 is 0 Å². The SMILES string of the molecule is CN(C)CCCCNCc1nnc2n1CCCC2. The first kappa shape index (κ1) is 13.5. The van der Waals surface area contributed by atoms with Crippen LogP contribution in [-0.2, 0) is 19.5 Å². The van der Waals surface area contributed by atoms with Crippen LogP contribution in [0.5, 0.6) is 0 Å². The molecule has 0 atom stereocenters. The van der Waals surface area contributed by atoms with Gasteiger partial charge < -0.3 is 14.8 Å². The first-order valence-electron chi connectivity index (χ1n) is 7.04. The maximum absolute atomic E-state index is 4.29. The van der Waals surface area contributed by atoms with Crippen molar-refractivity contribution in [2.45, 2.75) is 45.2 Å². The summed E-state index contributed by atoms with van der Waals surface area (Å²) >= 11 is 0. The summed E-state index contributed by atoms with van der Waals surface area (Å²) in [5, 5.41) is 12.0. The highest BCUT2D eigenvalue weighted by atomic mass is 15.3. The van der Waals surface area contributed by atoms with Gasteiger partial charge in [-0.1, -0.05) is 0 Å². The monoisotopic (exact) mass is 251 g/mol. The predicted molar refractivity (Wildman–Crippen MR) is 72.5 cm³/mol. The second kappa shape index (κ2) is 6.85. The van der Waals surface area contributed by atoms with Gasteiger partial charge in [-0.15, -0.1) is 10.2 Å². The molecule has 1 aromatic rings. The highest BCUT2D eigenvalue weighted by molar-refractivity contribution is 4.98. The third-order valence-corrected chi connectivity index (χ3v) is 3.43. The van der Waals surface area contributed by atoms with E-state index in [0.29, 0.717) is 0 Å². The molecule has 102 valence electrons. The zero-order chi connectivity index (χ0) is 12.8. The summed E-state index contributed by atoms with van der Waals surface area (Å²) in [6.45, 7) is 4.19. The highest BCUT2D eigenvalue weighted by Gasteiger charge is 2.14. The van der Waals surface area contributed by atoms with Gasteiger partial charge in [0, 0.05) is 13.0 Å². The first-order valence-corrected chi connectivity index (χ1v) is 7.04. The van der Waals surface area contributed by atoms with Crippen molar-refractivity contribution in [2.75, 3.05) is 27.2 Å². The molecule has 18 heavy (non-hydrogen) atoms. The fourth-order valence-corrected chi connectivity index (χ4v) is 2.38.